The average Bonchev–Trinajstić information content (AvgIpc) is 2.76. The van der Waals surface area contributed by atoms with Crippen LogP contribution in [0.1, 0.15) is 36.2 Å². The molecule has 2 aromatic rings. The number of ketones is 1. The summed E-state index contributed by atoms with van der Waals surface area (Å²) in [6.07, 6.45) is 0.113. The van der Waals surface area contributed by atoms with Crippen LogP contribution in [-0.2, 0) is 15.9 Å². The number of carbonyl (C=O) groups excluding carboxylic acids is 1. The van der Waals surface area contributed by atoms with Gasteiger partial charge in [0.25, 0.3) is 0 Å². The van der Waals surface area contributed by atoms with Gasteiger partial charge in [-0.25, -0.2) is 0 Å². The van der Waals surface area contributed by atoms with E-state index in [1.54, 1.807) is 12.1 Å². The summed E-state index contributed by atoms with van der Waals surface area (Å²) in [5, 5.41) is 13.5. The van der Waals surface area contributed by atoms with Crippen LogP contribution < -0.4 is 5.32 Å². The third-order valence-electron chi connectivity index (χ3n) is 4.52. The molecule has 5 nitrogen and oxygen atoms in total. The summed E-state index contributed by atoms with van der Waals surface area (Å²) in [5.41, 5.74) is 1.64. The summed E-state index contributed by atoms with van der Waals surface area (Å²) in [7, 11) is 0. The Bertz CT molecular complexity index is 693. The molecule has 0 spiro atoms. The fourth-order valence-electron chi connectivity index (χ4n) is 2.93. The Labute approximate surface area is 174 Å². The van der Waals surface area contributed by atoms with E-state index in [2.05, 4.69) is 12.2 Å². The van der Waals surface area contributed by atoms with Gasteiger partial charge in [-0.2, -0.15) is 0 Å². The molecule has 0 aromatic heterocycles. The van der Waals surface area contributed by atoms with Crippen LogP contribution in [0, 0.1) is 0 Å². The molecule has 0 amide bonds. The predicted octanol–water partition coefficient (Wildman–Crippen LogP) is 3.26. The second-order valence-corrected chi connectivity index (χ2v) is 7.28. The zero-order chi connectivity index (χ0) is 20.9. The molecule has 0 aliphatic rings. The smallest absolute Gasteiger partial charge is 0.191 e. The van der Waals surface area contributed by atoms with Gasteiger partial charge < -0.3 is 19.9 Å². The molecule has 0 fully saturated rings. The van der Waals surface area contributed by atoms with Gasteiger partial charge in [0.05, 0.1) is 19.3 Å². The lowest BCUT2D eigenvalue weighted by Gasteiger charge is -2.21. The first kappa shape index (κ1) is 23.2. The van der Waals surface area contributed by atoms with Gasteiger partial charge in [0.15, 0.2) is 5.78 Å². The summed E-state index contributed by atoms with van der Waals surface area (Å²) >= 11 is 0. The lowest BCUT2D eigenvalue weighted by molar-refractivity contribution is -0.00331. The molecule has 5 heteroatoms. The van der Waals surface area contributed by atoms with E-state index in [1.807, 2.05) is 55.5 Å². The molecule has 2 N–H and O–H groups in total. The molecule has 158 valence electrons. The van der Waals surface area contributed by atoms with E-state index in [-0.39, 0.29) is 18.4 Å². The Kier molecular flexibility index (Phi) is 10.6. The molecular weight excluding hydrogens is 366 g/mol. The van der Waals surface area contributed by atoms with Gasteiger partial charge in [-0.3, -0.25) is 4.79 Å². The van der Waals surface area contributed by atoms with Crippen LogP contribution in [0.25, 0.3) is 0 Å². The fourth-order valence-corrected chi connectivity index (χ4v) is 2.93. The second-order valence-electron chi connectivity index (χ2n) is 7.28. The first-order chi connectivity index (χ1) is 14.1. The summed E-state index contributed by atoms with van der Waals surface area (Å²) in [5.74, 6) is -0.0732. The van der Waals surface area contributed by atoms with Gasteiger partial charge in [-0.1, -0.05) is 67.6 Å². The molecule has 0 aliphatic heterocycles. The van der Waals surface area contributed by atoms with E-state index in [9.17, 15) is 9.90 Å². The molecule has 2 aromatic carbocycles. The molecular formula is C24H33NO4. The highest BCUT2D eigenvalue weighted by molar-refractivity contribution is 5.99. The summed E-state index contributed by atoms with van der Waals surface area (Å²) in [6.45, 7) is 5.90. The maximum atomic E-state index is 12.9. The first-order valence-corrected chi connectivity index (χ1v) is 10.3. The van der Waals surface area contributed by atoms with Gasteiger partial charge in [-0.05, 0) is 18.9 Å². The second kappa shape index (κ2) is 13.2. The minimum Gasteiger partial charge on any atom is -0.389 e. The first-order valence-electron chi connectivity index (χ1n) is 10.3. The largest absolute Gasteiger partial charge is 0.389 e. The molecule has 0 heterocycles. The number of aliphatic hydroxyl groups is 1. The number of Topliss-reactive ketones (excluding diaryl/α,β-unsaturated/α-hetero) is 1. The predicted molar refractivity (Wildman–Crippen MR) is 115 cm³/mol. The SMILES string of the molecule is CCCOCC(C)NCC(O)COC(Cc1ccccc1)C(=O)c1ccccc1. The standard InChI is InChI=1S/C24H33NO4/c1-3-14-28-17-19(2)25-16-22(26)18-29-23(15-20-10-6-4-7-11-20)24(27)21-12-8-5-9-13-21/h4-13,19,22-23,25-26H,3,14-18H2,1-2H3. The molecule has 3 atom stereocenters. The average molecular weight is 400 g/mol. The Morgan fingerprint density at radius 2 is 1.69 bits per heavy atom. The van der Waals surface area contributed by atoms with Gasteiger partial charge in [0, 0.05) is 31.2 Å². The topological polar surface area (TPSA) is 67.8 Å². The van der Waals surface area contributed by atoms with Crippen LogP contribution in [0.4, 0.5) is 0 Å². The van der Waals surface area contributed by atoms with Gasteiger partial charge in [0.1, 0.15) is 6.10 Å². The van der Waals surface area contributed by atoms with Crippen LogP contribution in [0.2, 0.25) is 0 Å². The third kappa shape index (κ3) is 8.88. The van der Waals surface area contributed by atoms with E-state index in [0.29, 0.717) is 25.1 Å². The molecule has 0 radical (unpaired) electrons. The lowest BCUT2D eigenvalue weighted by atomic mass is 10.00. The van der Waals surface area contributed by atoms with Crippen molar-refractivity contribution in [2.75, 3.05) is 26.4 Å². The summed E-state index contributed by atoms with van der Waals surface area (Å²) in [6, 6.07) is 19.1. The van der Waals surface area contributed by atoms with Crippen molar-refractivity contribution in [2.45, 2.75) is 44.9 Å². The van der Waals surface area contributed by atoms with Crippen molar-refractivity contribution in [2.24, 2.45) is 0 Å². The van der Waals surface area contributed by atoms with Crippen molar-refractivity contribution in [3.8, 4) is 0 Å². The number of hydrogen-bond acceptors (Lipinski definition) is 5. The quantitative estimate of drug-likeness (QED) is 0.377. The van der Waals surface area contributed by atoms with E-state index in [1.165, 1.54) is 0 Å². The highest BCUT2D eigenvalue weighted by Crippen LogP contribution is 2.13. The minimum absolute atomic E-state index is 0.0732. The number of hydrogen-bond donors (Lipinski definition) is 2. The fraction of sp³-hybridized carbons (Fsp3) is 0.458. The highest BCUT2D eigenvalue weighted by atomic mass is 16.5. The van der Waals surface area contributed by atoms with Crippen molar-refractivity contribution >= 4 is 5.78 Å². The number of aliphatic hydroxyl groups excluding tert-OH is 1. The number of nitrogens with one attached hydrogen (secondary N) is 1. The molecule has 0 aliphatic carbocycles. The Morgan fingerprint density at radius 3 is 2.34 bits per heavy atom. The van der Waals surface area contributed by atoms with Gasteiger partial charge in [-0.15, -0.1) is 0 Å². The number of carbonyl (C=O) groups is 1. The Hall–Kier alpha value is -2.05. The van der Waals surface area contributed by atoms with Crippen LogP contribution in [0.15, 0.2) is 60.7 Å². The maximum Gasteiger partial charge on any atom is 0.191 e. The van der Waals surface area contributed by atoms with Crippen molar-refractivity contribution in [3.05, 3.63) is 71.8 Å². The lowest BCUT2D eigenvalue weighted by Crippen LogP contribution is -2.39. The number of ether oxygens (including phenoxy) is 2. The maximum absolute atomic E-state index is 12.9. The zero-order valence-electron chi connectivity index (χ0n) is 17.4. The van der Waals surface area contributed by atoms with Crippen molar-refractivity contribution in [3.63, 3.8) is 0 Å². The van der Waals surface area contributed by atoms with Crippen LogP contribution in [0.3, 0.4) is 0 Å². The Balaban J connectivity index is 1.89. The zero-order valence-corrected chi connectivity index (χ0v) is 17.4. The van der Waals surface area contributed by atoms with Crippen molar-refractivity contribution < 1.29 is 19.4 Å². The summed E-state index contributed by atoms with van der Waals surface area (Å²) in [4.78, 5) is 12.9. The number of rotatable bonds is 14. The van der Waals surface area contributed by atoms with Crippen molar-refractivity contribution in [1.82, 2.24) is 5.32 Å². The van der Waals surface area contributed by atoms with Crippen molar-refractivity contribution in [1.29, 1.82) is 0 Å². The molecule has 3 unspecified atom stereocenters. The minimum atomic E-state index is -0.703. The number of benzene rings is 2. The van der Waals surface area contributed by atoms with Crippen LogP contribution in [0.5, 0.6) is 0 Å². The third-order valence-corrected chi connectivity index (χ3v) is 4.52. The monoisotopic (exact) mass is 399 g/mol. The van der Waals surface area contributed by atoms with Crippen LogP contribution in [-0.4, -0.2) is 55.5 Å². The molecule has 29 heavy (non-hydrogen) atoms. The Morgan fingerprint density at radius 1 is 1.03 bits per heavy atom. The highest BCUT2D eigenvalue weighted by Gasteiger charge is 2.22. The summed E-state index contributed by atoms with van der Waals surface area (Å²) < 4.78 is 11.4. The molecule has 0 saturated heterocycles. The molecule has 0 bridgehead atoms. The van der Waals surface area contributed by atoms with E-state index >= 15 is 0 Å². The van der Waals surface area contributed by atoms with E-state index < -0.39 is 12.2 Å². The van der Waals surface area contributed by atoms with Gasteiger partial charge in [0.2, 0.25) is 0 Å². The molecule has 2 rings (SSSR count). The van der Waals surface area contributed by atoms with Crippen LogP contribution >= 0.6 is 0 Å². The van der Waals surface area contributed by atoms with E-state index in [4.69, 9.17) is 9.47 Å². The van der Waals surface area contributed by atoms with Gasteiger partial charge >= 0.3 is 0 Å². The normalized spacial score (nSPS) is 14.3. The molecule has 0 saturated carbocycles. The van der Waals surface area contributed by atoms with E-state index in [0.717, 1.165) is 18.6 Å².